The van der Waals surface area contributed by atoms with E-state index in [9.17, 15) is 18.8 Å². The second-order valence-electron chi connectivity index (χ2n) is 7.47. The Labute approximate surface area is 178 Å². The second kappa shape index (κ2) is 8.99. The third-order valence-electron chi connectivity index (χ3n) is 5.41. The summed E-state index contributed by atoms with van der Waals surface area (Å²) in [5, 5.41) is 5.51. The molecule has 2 amide bonds. The number of amides is 2. The van der Waals surface area contributed by atoms with Gasteiger partial charge in [-0.2, -0.15) is 16.2 Å². The number of carbonyl (C=O) groups is 3. The molecule has 2 N–H and O–H groups in total. The highest BCUT2D eigenvalue weighted by molar-refractivity contribution is 7.99. The van der Waals surface area contributed by atoms with Gasteiger partial charge in [-0.05, 0) is 56.7 Å². The Morgan fingerprint density at radius 1 is 1.20 bits per heavy atom. The van der Waals surface area contributed by atoms with Gasteiger partial charge >= 0.3 is 0 Å². The van der Waals surface area contributed by atoms with Gasteiger partial charge in [0.2, 0.25) is 5.95 Å². The topological polar surface area (TPSA) is 93.1 Å². The summed E-state index contributed by atoms with van der Waals surface area (Å²) in [5.74, 6) is -0.435. The smallest absolute Gasteiger partial charge is 0.294 e. The quantitative estimate of drug-likeness (QED) is 0.431. The first-order valence-electron chi connectivity index (χ1n) is 9.73. The number of nitrogens with one attached hydrogen (secondary N) is 2. The zero-order valence-corrected chi connectivity index (χ0v) is 18.3. The average Bonchev–Trinajstić information content (AvgIpc) is 2.93. The standard InChI is InChI=1S/C21H25FN4O3S/c1-11-9-15(10-23-19(11)22)25-20(28)16-12(2)17(26(4)13(16)3)18(27)21(29)24-14-5-7-30-8-6-14/h9-10,14H,5-8H2,1-4H3,(H,24,29)(H,25,28). The van der Waals surface area contributed by atoms with Gasteiger partial charge < -0.3 is 15.2 Å². The summed E-state index contributed by atoms with van der Waals surface area (Å²) in [6.45, 7) is 4.91. The number of pyridine rings is 1. The van der Waals surface area contributed by atoms with Crippen molar-refractivity contribution in [3.63, 3.8) is 0 Å². The van der Waals surface area contributed by atoms with Crippen molar-refractivity contribution in [2.75, 3.05) is 16.8 Å². The maximum Gasteiger partial charge on any atom is 0.294 e. The van der Waals surface area contributed by atoms with Gasteiger partial charge in [0.15, 0.2) is 0 Å². The van der Waals surface area contributed by atoms with Crippen molar-refractivity contribution in [1.29, 1.82) is 0 Å². The van der Waals surface area contributed by atoms with E-state index in [0.717, 1.165) is 24.3 Å². The molecule has 9 heteroatoms. The Hall–Kier alpha value is -2.68. The number of hydrogen-bond acceptors (Lipinski definition) is 5. The van der Waals surface area contributed by atoms with Crippen LogP contribution < -0.4 is 10.6 Å². The molecular weight excluding hydrogens is 407 g/mol. The average molecular weight is 433 g/mol. The Morgan fingerprint density at radius 2 is 1.87 bits per heavy atom. The lowest BCUT2D eigenvalue weighted by Crippen LogP contribution is -2.41. The first kappa shape index (κ1) is 22.0. The Balaban J connectivity index is 1.83. The van der Waals surface area contributed by atoms with Gasteiger partial charge in [-0.3, -0.25) is 14.4 Å². The Morgan fingerprint density at radius 3 is 2.50 bits per heavy atom. The van der Waals surface area contributed by atoms with E-state index in [4.69, 9.17) is 0 Å². The van der Waals surface area contributed by atoms with E-state index in [-0.39, 0.29) is 11.7 Å². The molecule has 0 bridgehead atoms. The fraction of sp³-hybridized carbons (Fsp3) is 0.429. The lowest BCUT2D eigenvalue weighted by atomic mass is 10.1. The first-order valence-corrected chi connectivity index (χ1v) is 10.9. The van der Waals surface area contributed by atoms with Crippen LogP contribution in [0.4, 0.5) is 10.1 Å². The third-order valence-corrected chi connectivity index (χ3v) is 6.46. The van der Waals surface area contributed by atoms with Gasteiger partial charge in [0.25, 0.3) is 17.6 Å². The number of ketones is 1. The summed E-state index contributed by atoms with van der Waals surface area (Å²) in [6, 6.07) is 1.48. The predicted molar refractivity (Wildman–Crippen MR) is 115 cm³/mol. The molecule has 7 nitrogen and oxygen atoms in total. The number of hydrogen-bond donors (Lipinski definition) is 2. The zero-order valence-electron chi connectivity index (χ0n) is 17.5. The number of anilines is 1. The van der Waals surface area contributed by atoms with Crippen LogP contribution in [0.5, 0.6) is 0 Å². The summed E-state index contributed by atoms with van der Waals surface area (Å²) >= 11 is 1.84. The largest absolute Gasteiger partial charge is 0.346 e. The highest BCUT2D eigenvalue weighted by Crippen LogP contribution is 2.24. The van der Waals surface area contributed by atoms with Crippen LogP contribution in [-0.4, -0.2) is 44.7 Å². The lowest BCUT2D eigenvalue weighted by Gasteiger charge is -2.22. The summed E-state index contributed by atoms with van der Waals surface area (Å²) < 4.78 is 14.9. The molecule has 0 spiro atoms. The van der Waals surface area contributed by atoms with E-state index in [1.54, 1.807) is 32.4 Å². The van der Waals surface area contributed by atoms with Crippen molar-refractivity contribution >= 4 is 35.0 Å². The molecule has 1 aliphatic heterocycles. The zero-order chi connectivity index (χ0) is 22.0. The molecule has 0 saturated carbocycles. The maximum atomic E-state index is 13.4. The fourth-order valence-electron chi connectivity index (χ4n) is 3.65. The van der Waals surface area contributed by atoms with E-state index < -0.39 is 23.5 Å². The highest BCUT2D eigenvalue weighted by atomic mass is 32.2. The third kappa shape index (κ3) is 4.40. The van der Waals surface area contributed by atoms with E-state index in [0.29, 0.717) is 28.1 Å². The molecule has 0 unspecified atom stereocenters. The molecule has 3 heterocycles. The molecule has 30 heavy (non-hydrogen) atoms. The molecule has 1 fully saturated rings. The molecule has 2 aromatic rings. The van der Waals surface area contributed by atoms with E-state index in [2.05, 4.69) is 15.6 Å². The van der Waals surface area contributed by atoms with Crippen LogP contribution in [0.1, 0.15) is 50.5 Å². The molecule has 0 radical (unpaired) electrons. The second-order valence-corrected chi connectivity index (χ2v) is 8.69. The van der Waals surface area contributed by atoms with E-state index in [1.807, 2.05) is 11.8 Å². The van der Waals surface area contributed by atoms with Crippen molar-refractivity contribution in [3.05, 3.63) is 46.3 Å². The summed E-state index contributed by atoms with van der Waals surface area (Å²) in [6.07, 6.45) is 2.91. The van der Waals surface area contributed by atoms with Crippen molar-refractivity contribution in [1.82, 2.24) is 14.9 Å². The van der Waals surface area contributed by atoms with Gasteiger partial charge in [-0.15, -0.1) is 0 Å². The van der Waals surface area contributed by atoms with Crippen LogP contribution in [0, 0.1) is 26.7 Å². The normalized spacial score (nSPS) is 14.4. The van der Waals surface area contributed by atoms with Crippen LogP contribution in [-0.2, 0) is 11.8 Å². The number of rotatable bonds is 5. The van der Waals surface area contributed by atoms with Gasteiger partial charge in [0, 0.05) is 24.3 Å². The number of carbonyl (C=O) groups excluding carboxylic acids is 3. The monoisotopic (exact) mass is 432 g/mol. The van der Waals surface area contributed by atoms with Crippen molar-refractivity contribution < 1.29 is 18.8 Å². The van der Waals surface area contributed by atoms with Crippen molar-refractivity contribution in [2.45, 2.75) is 39.7 Å². The molecule has 0 aromatic carbocycles. The minimum atomic E-state index is -0.658. The van der Waals surface area contributed by atoms with E-state index in [1.165, 1.54) is 12.3 Å². The van der Waals surface area contributed by atoms with Gasteiger partial charge in [0.05, 0.1) is 23.1 Å². The van der Waals surface area contributed by atoms with Crippen LogP contribution in [0.15, 0.2) is 12.3 Å². The van der Waals surface area contributed by atoms with E-state index >= 15 is 0 Å². The summed E-state index contributed by atoms with van der Waals surface area (Å²) in [4.78, 5) is 41.9. The Kier molecular flexibility index (Phi) is 6.60. The van der Waals surface area contributed by atoms with Crippen LogP contribution in [0.2, 0.25) is 0 Å². The van der Waals surface area contributed by atoms with Gasteiger partial charge in [0.1, 0.15) is 0 Å². The SMILES string of the molecule is Cc1cc(NC(=O)c2c(C)c(C(=O)C(=O)NC3CCSCC3)n(C)c2C)cnc1F. The van der Waals surface area contributed by atoms with Crippen LogP contribution in [0.25, 0.3) is 0 Å². The van der Waals surface area contributed by atoms with Gasteiger partial charge in [-0.25, -0.2) is 4.98 Å². The number of thioether (sulfide) groups is 1. The van der Waals surface area contributed by atoms with Crippen molar-refractivity contribution in [2.24, 2.45) is 7.05 Å². The van der Waals surface area contributed by atoms with Gasteiger partial charge in [-0.1, -0.05) is 0 Å². The van der Waals surface area contributed by atoms with Crippen molar-refractivity contribution in [3.8, 4) is 0 Å². The number of aromatic nitrogens is 2. The van der Waals surface area contributed by atoms with Crippen LogP contribution in [0.3, 0.4) is 0 Å². The number of Topliss-reactive ketones (excluding diaryl/α,β-unsaturated/α-hetero) is 1. The molecule has 0 atom stereocenters. The lowest BCUT2D eigenvalue weighted by molar-refractivity contribution is -0.117. The summed E-state index contributed by atoms with van der Waals surface area (Å²) in [5.41, 5.74) is 2.14. The molecule has 2 aromatic heterocycles. The highest BCUT2D eigenvalue weighted by Gasteiger charge is 2.30. The minimum absolute atomic E-state index is 0.00126. The molecule has 1 aliphatic rings. The maximum absolute atomic E-state index is 13.4. The number of nitrogens with zero attached hydrogens (tertiary/aromatic N) is 2. The molecular formula is C21H25FN4O3S. The first-order chi connectivity index (χ1) is 14.2. The van der Waals surface area contributed by atoms with Crippen LogP contribution >= 0.6 is 11.8 Å². The number of aryl methyl sites for hydroxylation is 1. The minimum Gasteiger partial charge on any atom is -0.346 e. The predicted octanol–water partition coefficient (Wildman–Crippen LogP) is 2.93. The fourth-order valence-corrected chi connectivity index (χ4v) is 4.76. The molecule has 1 saturated heterocycles. The molecule has 3 rings (SSSR count). The summed E-state index contributed by atoms with van der Waals surface area (Å²) in [7, 11) is 1.65. The molecule has 160 valence electrons. The Bertz CT molecular complexity index is 1010. The number of halogens is 1. The molecule has 0 aliphatic carbocycles.